The van der Waals surface area contributed by atoms with Crippen molar-refractivity contribution in [1.82, 2.24) is 8.61 Å². The van der Waals surface area contributed by atoms with Crippen molar-refractivity contribution in [2.75, 3.05) is 46.0 Å². The lowest BCUT2D eigenvalue weighted by molar-refractivity contribution is 0.0265. The summed E-state index contributed by atoms with van der Waals surface area (Å²) in [5.41, 5.74) is 0. The highest BCUT2D eigenvalue weighted by molar-refractivity contribution is 7.89. The predicted octanol–water partition coefficient (Wildman–Crippen LogP) is 0.897. The van der Waals surface area contributed by atoms with E-state index in [1.807, 2.05) is 6.92 Å². The van der Waals surface area contributed by atoms with Crippen molar-refractivity contribution in [3.05, 3.63) is 24.3 Å². The molecule has 27 heavy (non-hydrogen) atoms. The van der Waals surface area contributed by atoms with Gasteiger partial charge in [0.05, 0.1) is 29.1 Å². The summed E-state index contributed by atoms with van der Waals surface area (Å²) < 4.78 is 64.6. The lowest BCUT2D eigenvalue weighted by Gasteiger charge is -2.31. The van der Waals surface area contributed by atoms with Gasteiger partial charge in [0.2, 0.25) is 20.0 Å². The number of benzene rings is 1. The van der Waals surface area contributed by atoms with Gasteiger partial charge in [-0.05, 0) is 44.0 Å². The molecule has 0 aromatic heterocycles. The largest absolute Gasteiger partial charge is 0.379 e. The first kappa shape index (κ1) is 20.7. The second kappa shape index (κ2) is 8.54. The van der Waals surface area contributed by atoms with Crippen molar-refractivity contribution in [2.45, 2.75) is 35.7 Å². The molecule has 152 valence electrons. The Kier molecular flexibility index (Phi) is 6.54. The van der Waals surface area contributed by atoms with Crippen LogP contribution in [0.2, 0.25) is 0 Å². The van der Waals surface area contributed by atoms with E-state index >= 15 is 0 Å². The van der Waals surface area contributed by atoms with Crippen molar-refractivity contribution < 1.29 is 26.3 Å². The first-order valence-electron chi connectivity index (χ1n) is 9.15. The van der Waals surface area contributed by atoms with Crippen LogP contribution in [0, 0.1) is 0 Å². The van der Waals surface area contributed by atoms with E-state index in [2.05, 4.69) is 0 Å². The number of hydrogen-bond donors (Lipinski definition) is 0. The molecule has 10 heteroatoms. The second-order valence-electron chi connectivity index (χ2n) is 6.57. The van der Waals surface area contributed by atoms with Crippen molar-refractivity contribution in [2.24, 2.45) is 0 Å². The minimum absolute atomic E-state index is 0.0918. The maximum absolute atomic E-state index is 12.9. The molecule has 2 saturated heterocycles. The van der Waals surface area contributed by atoms with E-state index in [1.165, 1.54) is 32.9 Å². The van der Waals surface area contributed by atoms with Crippen LogP contribution in [0.1, 0.15) is 19.8 Å². The molecule has 1 atom stereocenters. The fraction of sp³-hybridized carbons (Fsp3) is 0.647. The molecule has 0 amide bonds. The Hall–Kier alpha value is -1.04. The van der Waals surface area contributed by atoms with E-state index in [1.54, 1.807) is 0 Å². The number of sulfonamides is 2. The van der Waals surface area contributed by atoms with Gasteiger partial charge in [-0.3, -0.25) is 0 Å². The normalized spacial score (nSPS) is 23.4. The van der Waals surface area contributed by atoms with Crippen molar-refractivity contribution >= 4 is 20.0 Å². The number of nitrogens with zero attached hydrogens (tertiary/aromatic N) is 2. The van der Waals surface area contributed by atoms with Crippen LogP contribution in [0.3, 0.4) is 0 Å². The minimum atomic E-state index is -3.68. The van der Waals surface area contributed by atoms with Crippen LogP contribution >= 0.6 is 0 Å². The summed E-state index contributed by atoms with van der Waals surface area (Å²) in [6.07, 6.45) is 1.49. The number of piperidine rings is 1. The Bertz CT molecular complexity index is 831. The molecule has 0 bridgehead atoms. The van der Waals surface area contributed by atoms with Crippen LogP contribution in [-0.4, -0.2) is 77.5 Å². The summed E-state index contributed by atoms with van der Waals surface area (Å²) in [6, 6.07) is 5.46. The van der Waals surface area contributed by atoms with Crippen molar-refractivity contribution in [3.8, 4) is 0 Å². The van der Waals surface area contributed by atoms with Crippen LogP contribution in [0.4, 0.5) is 0 Å². The average molecular weight is 419 g/mol. The topological polar surface area (TPSA) is 93.2 Å². The molecule has 1 aromatic rings. The quantitative estimate of drug-likeness (QED) is 0.681. The maximum Gasteiger partial charge on any atom is 0.243 e. The van der Waals surface area contributed by atoms with Gasteiger partial charge < -0.3 is 9.47 Å². The van der Waals surface area contributed by atoms with Gasteiger partial charge in [0, 0.05) is 32.8 Å². The monoisotopic (exact) mass is 418 g/mol. The predicted molar refractivity (Wildman–Crippen MR) is 99.4 cm³/mol. The summed E-state index contributed by atoms with van der Waals surface area (Å²) in [5, 5.41) is 0. The average Bonchev–Trinajstić information content (AvgIpc) is 2.69. The van der Waals surface area contributed by atoms with Gasteiger partial charge in [0.15, 0.2) is 0 Å². The van der Waals surface area contributed by atoms with Gasteiger partial charge >= 0.3 is 0 Å². The van der Waals surface area contributed by atoms with E-state index in [4.69, 9.17) is 9.47 Å². The summed E-state index contributed by atoms with van der Waals surface area (Å²) >= 11 is 0. The zero-order chi connectivity index (χ0) is 19.5. The number of ether oxygens (including phenoxy) is 2. The molecule has 8 nitrogen and oxygen atoms in total. The first-order valence-corrected chi connectivity index (χ1v) is 12.0. The smallest absolute Gasteiger partial charge is 0.243 e. The lowest BCUT2D eigenvalue weighted by atomic mass is 10.1. The lowest BCUT2D eigenvalue weighted by Crippen LogP contribution is -2.43. The second-order valence-corrected chi connectivity index (χ2v) is 10.4. The molecule has 2 fully saturated rings. The van der Waals surface area contributed by atoms with Crippen molar-refractivity contribution in [1.29, 1.82) is 0 Å². The molecular formula is C17H26N2O6S2. The Balaban J connectivity index is 1.77. The Morgan fingerprint density at radius 1 is 0.963 bits per heavy atom. The Morgan fingerprint density at radius 3 is 2.07 bits per heavy atom. The summed E-state index contributed by atoms with van der Waals surface area (Å²) in [4.78, 5) is 0.190. The molecule has 0 spiro atoms. The van der Waals surface area contributed by atoms with Gasteiger partial charge in [-0.2, -0.15) is 8.61 Å². The highest BCUT2D eigenvalue weighted by Crippen LogP contribution is 2.24. The first-order chi connectivity index (χ1) is 12.9. The zero-order valence-corrected chi connectivity index (χ0v) is 17.0. The number of morpholine rings is 1. The molecule has 0 radical (unpaired) electrons. The van der Waals surface area contributed by atoms with Crippen LogP contribution in [0.5, 0.6) is 0 Å². The zero-order valence-electron chi connectivity index (χ0n) is 15.4. The standard InChI is InChI=1S/C17H26N2O6S2/c1-2-25-15-4-3-9-19(14-15)27(22,23)17-7-5-16(6-8-17)26(20,21)18-10-12-24-13-11-18/h5-8,15H,2-4,9-14H2,1H3. The van der Waals surface area contributed by atoms with Crippen LogP contribution < -0.4 is 0 Å². The Labute approximate surface area is 161 Å². The molecule has 0 aliphatic carbocycles. The van der Waals surface area contributed by atoms with Gasteiger partial charge in [0.25, 0.3) is 0 Å². The highest BCUT2D eigenvalue weighted by atomic mass is 32.2. The molecule has 2 aliphatic rings. The van der Waals surface area contributed by atoms with E-state index in [0.29, 0.717) is 46.0 Å². The molecule has 1 unspecified atom stereocenters. The fourth-order valence-electron chi connectivity index (χ4n) is 3.36. The molecule has 0 saturated carbocycles. The molecule has 2 heterocycles. The highest BCUT2D eigenvalue weighted by Gasteiger charge is 2.31. The molecule has 1 aromatic carbocycles. The van der Waals surface area contributed by atoms with Crippen LogP contribution in [-0.2, 0) is 29.5 Å². The third-order valence-electron chi connectivity index (χ3n) is 4.81. The Morgan fingerprint density at radius 2 is 1.52 bits per heavy atom. The molecule has 3 rings (SSSR count). The van der Waals surface area contributed by atoms with E-state index in [-0.39, 0.29) is 15.9 Å². The third-order valence-corrected chi connectivity index (χ3v) is 8.60. The molecular weight excluding hydrogens is 392 g/mol. The van der Waals surface area contributed by atoms with Gasteiger partial charge in [-0.15, -0.1) is 0 Å². The SMILES string of the molecule is CCOC1CCCN(S(=O)(=O)c2ccc(S(=O)(=O)N3CCOCC3)cc2)C1. The maximum atomic E-state index is 12.9. The fourth-order valence-corrected chi connectivity index (χ4v) is 6.28. The van der Waals surface area contributed by atoms with E-state index < -0.39 is 20.0 Å². The van der Waals surface area contributed by atoms with Gasteiger partial charge in [-0.1, -0.05) is 0 Å². The third kappa shape index (κ3) is 4.52. The minimum Gasteiger partial charge on any atom is -0.379 e. The summed E-state index contributed by atoms with van der Waals surface area (Å²) in [6.45, 7) is 4.53. The van der Waals surface area contributed by atoms with Crippen LogP contribution in [0.25, 0.3) is 0 Å². The van der Waals surface area contributed by atoms with Crippen LogP contribution in [0.15, 0.2) is 34.1 Å². The van der Waals surface area contributed by atoms with Gasteiger partial charge in [0.1, 0.15) is 0 Å². The molecule has 2 aliphatic heterocycles. The number of rotatable bonds is 6. The summed E-state index contributed by atoms with van der Waals surface area (Å²) in [7, 11) is -7.32. The van der Waals surface area contributed by atoms with E-state index in [9.17, 15) is 16.8 Å². The number of hydrogen-bond acceptors (Lipinski definition) is 6. The van der Waals surface area contributed by atoms with Crippen molar-refractivity contribution in [3.63, 3.8) is 0 Å². The molecule has 0 N–H and O–H groups in total. The van der Waals surface area contributed by atoms with Gasteiger partial charge in [-0.25, -0.2) is 16.8 Å². The van der Waals surface area contributed by atoms with E-state index in [0.717, 1.165) is 12.8 Å². The summed E-state index contributed by atoms with van der Waals surface area (Å²) in [5.74, 6) is 0.